The van der Waals surface area contributed by atoms with Crippen molar-refractivity contribution in [3.63, 3.8) is 0 Å². The third-order valence-corrected chi connectivity index (χ3v) is 14.9. The number of allylic oxidation sites excluding steroid dienone is 12. The quantitative estimate of drug-likeness (QED) is 0.0261. The van der Waals surface area contributed by atoms with E-state index >= 15 is 0 Å². The highest BCUT2D eigenvalue weighted by Gasteiger charge is 2.19. The molecule has 0 amide bonds. The Labute approximate surface area is 484 Å². The molecule has 0 aromatic heterocycles. The van der Waals surface area contributed by atoms with E-state index in [4.69, 9.17) is 14.2 Å². The van der Waals surface area contributed by atoms with E-state index in [9.17, 15) is 14.4 Å². The summed E-state index contributed by atoms with van der Waals surface area (Å²) < 4.78 is 17.0. The van der Waals surface area contributed by atoms with Gasteiger partial charge in [-0.1, -0.05) is 312 Å². The van der Waals surface area contributed by atoms with Crippen LogP contribution in [0.3, 0.4) is 0 Å². The molecule has 0 spiro atoms. The smallest absolute Gasteiger partial charge is 0.306 e. The van der Waals surface area contributed by atoms with Crippen molar-refractivity contribution in [2.24, 2.45) is 0 Å². The van der Waals surface area contributed by atoms with Gasteiger partial charge in [0.15, 0.2) is 6.10 Å². The minimum atomic E-state index is -0.781. The summed E-state index contributed by atoms with van der Waals surface area (Å²) in [5.41, 5.74) is 0. The lowest BCUT2D eigenvalue weighted by Gasteiger charge is -2.18. The summed E-state index contributed by atoms with van der Waals surface area (Å²) in [5, 5.41) is 0. The maximum absolute atomic E-state index is 12.9. The Morgan fingerprint density at radius 3 is 0.795 bits per heavy atom. The Hall–Kier alpha value is -3.15. The highest BCUT2D eigenvalue weighted by atomic mass is 16.6. The summed E-state index contributed by atoms with van der Waals surface area (Å²) in [6, 6.07) is 0. The Balaban J connectivity index is 4.36. The second kappa shape index (κ2) is 66.4. The number of carbonyl (C=O) groups is 3. The topological polar surface area (TPSA) is 78.9 Å². The van der Waals surface area contributed by atoms with Crippen molar-refractivity contribution in [1.29, 1.82) is 0 Å². The highest BCUT2D eigenvalue weighted by molar-refractivity contribution is 5.71. The summed E-state index contributed by atoms with van der Waals surface area (Å²) >= 11 is 0. The van der Waals surface area contributed by atoms with E-state index in [1.807, 2.05) is 0 Å². The molecule has 0 aliphatic carbocycles. The van der Waals surface area contributed by atoms with Crippen LogP contribution >= 0.6 is 0 Å². The van der Waals surface area contributed by atoms with Crippen LogP contribution in [-0.2, 0) is 28.6 Å². The predicted molar refractivity (Wildman–Crippen MR) is 339 cm³/mol. The lowest BCUT2D eigenvalue weighted by molar-refractivity contribution is -0.167. The standard InChI is InChI=1S/C72H128O6/c1-4-7-10-13-16-19-22-25-28-31-33-35-36-38-39-41-44-47-50-53-56-59-62-65-71(74)77-68-69(67-76-70(73)64-61-58-55-52-49-46-43-30-27-24-21-18-15-12-9-6-3)78-72(75)66-63-60-57-54-51-48-45-42-40-37-34-32-29-26-23-20-17-14-11-8-5-2/h7,10,16,19,25,28,32-35,38-39,69H,4-6,8-9,11-15,17-18,20-24,26-27,29-31,36-37,40-68H2,1-3H3/b10-7-,19-16-,28-25-,34-32-,35-33-,39-38-. The van der Waals surface area contributed by atoms with Crippen LogP contribution in [-0.4, -0.2) is 37.2 Å². The summed E-state index contributed by atoms with van der Waals surface area (Å²) in [6.07, 6.45) is 86.2. The van der Waals surface area contributed by atoms with Crippen molar-refractivity contribution in [2.45, 2.75) is 354 Å². The van der Waals surface area contributed by atoms with E-state index in [1.54, 1.807) is 0 Å². The van der Waals surface area contributed by atoms with E-state index in [0.717, 1.165) is 96.3 Å². The number of carbonyl (C=O) groups excluding carboxylic acids is 3. The first-order valence-electron chi connectivity index (χ1n) is 33.9. The van der Waals surface area contributed by atoms with Gasteiger partial charge in [0.2, 0.25) is 0 Å². The second-order valence-corrected chi connectivity index (χ2v) is 22.7. The van der Waals surface area contributed by atoms with Crippen LogP contribution in [0.25, 0.3) is 0 Å². The number of esters is 3. The zero-order chi connectivity index (χ0) is 56.4. The highest BCUT2D eigenvalue weighted by Crippen LogP contribution is 2.17. The van der Waals surface area contributed by atoms with Crippen LogP contribution in [0.4, 0.5) is 0 Å². The Morgan fingerprint density at radius 2 is 0.500 bits per heavy atom. The summed E-state index contributed by atoms with van der Waals surface area (Å²) in [7, 11) is 0. The monoisotopic (exact) mass is 1090 g/mol. The van der Waals surface area contributed by atoms with Gasteiger partial charge in [-0.15, -0.1) is 0 Å². The third kappa shape index (κ3) is 63.7. The number of unbranched alkanes of at least 4 members (excludes halogenated alkanes) is 39. The predicted octanol–water partition coefficient (Wildman–Crippen LogP) is 23.3. The van der Waals surface area contributed by atoms with E-state index in [1.165, 1.54) is 212 Å². The number of hydrogen-bond acceptors (Lipinski definition) is 6. The third-order valence-electron chi connectivity index (χ3n) is 14.9. The largest absolute Gasteiger partial charge is 0.462 e. The van der Waals surface area contributed by atoms with Crippen LogP contribution in [0, 0.1) is 0 Å². The maximum atomic E-state index is 12.9. The molecule has 1 atom stereocenters. The zero-order valence-corrected chi connectivity index (χ0v) is 51.9. The molecule has 78 heavy (non-hydrogen) atoms. The average Bonchev–Trinajstić information content (AvgIpc) is 3.44. The van der Waals surface area contributed by atoms with E-state index in [2.05, 4.69) is 93.7 Å². The van der Waals surface area contributed by atoms with Gasteiger partial charge in [-0.2, -0.15) is 0 Å². The minimum Gasteiger partial charge on any atom is -0.462 e. The molecule has 1 unspecified atom stereocenters. The molecular weight excluding hydrogens is 961 g/mol. The van der Waals surface area contributed by atoms with Crippen LogP contribution in [0.1, 0.15) is 348 Å². The summed E-state index contributed by atoms with van der Waals surface area (Å²) in [4.78, 5) is 38.4. The van der Waals surface area contributed by atoms with Crippen molar-refractivity contribution in [2.75, 3.05) is 13.2 Å². The van der Waals surface area contributed by atoms with Crippen molar-refractivity contribution in [3.05, 3.63) is 72.9 Å². The van der Waals surface area contributed by atoms with Crippen LogP contribution in [0.5, 0.6) is 0 Å². The van der Waals surface area contributed by atoms with Crippen molar-refractivity contribution in [1.82, 2.24) is 0 Å². The molecule has 6 heteroatoms. The fourth-order valence-corrected chi connectivity index (χ4v) is 9.88. The molecule has 452 valence electrons. The first-order chi connectivity index (χ1) is 38.5. The van der Waals surface area contributed by atoms with Crippen LogP contribution in [0.15, 0.2) is 72.9 Å². The van der Waals surface area contributed by atoms with Gasteiger partial charge in [-0.05, 0) is 89.9 Å². The summed E-state index contributed by atoms with van der Waals surface area (Å²) in [6.45, 7) is 6.57. The first-order valence-corrected chi connectivity index (χ1v) is 33.9. The first kappa shape index (κ1) is 74.8. The molecule has 6 nitrogen and oxygen atoms in total. The minimum absolute atomic E-state index is 0.0760. The van der Waals surface area contributed by atoms with Gasteiger partial charge in [0.05, 0.1) is 0 Å². The van der Waals surface area contributed by atoms with Gasteiger partial charge in [0, 0.05) is 19.3 Å². The van der Waals surface area contributed by atoms with Crippen LogP contribution < -0.4 is 0 Å². The van der Waals surface area contributed by atoms with E-state index in [0.29, 0.717) is 19.3 Å². The van der Waals surface area contributed by atoms with Crippen molar-refractivity contribution >= 4 is 17.9 Å². The van der Waals surface area contributed by atoms with Crippen molar-refractivity contribution < 1.29 is 28.6 Å². The number of hydrogen-bond donors (Lipinski definition) is 0. The van der Waals surface area contributed by atoms with Gasteiger partial charge in [-0.3, -0.25) is 14.4 Å². The maximum Gasteiger partial charge on any atom is 0.306 e. The molecule has 0 aromatic carbocycles. The molecule has 0 bridgehead atoms. The SMILES string of the molecule is CC/C=C\C/C=C\C/C=C\C/C=C\C/C=C\CCCCCCCCCC(=O)OCC(COC(=O)CCCCCCCCCCCCCCCCCC)OC(=O)CCCCCCCCCCC/C=C\CCCCCCCCCC. The van der Waals surface area contributed by atoms with Gasteiger partial charge in [-0.25, -0.2) is 0 Å². The number of rotatable bonds is 62. The second-order valence-electron chi connectivity index (χ2n) is 22.7. The van der Waals surface area contributed by atoms with Gasteiger partial charge < -0.3 is 14.2 Å². The molecular formula is C72H128O6. The van der Waals surface area contributed by atoms with Crippen molar-refractivity contribution in [3.8, 4) is 0 Å². The Kier molecular flexibility index (Phi) is 63.7. The molecule has 0 radical (unpaired) electrons. The Bertz CT molecular complexity index is 1440. The molecule has 0 aliphatic heterocycles. The molecule has 0 aliphatic rings. The van der Waals surface area contributed by atoms with E-state index < -0.39 is 6.10 Å². The Morgan fingerprint density at radius 1 is 0.269 bits per heavy atom. The van der Waals surface area contributed by atoms with Gasteiger partial charge >= 0.3 is 17.9 Å². The fraction of sp³-hybridized carbons (Fsp3) is 0.792. The molecule has 0 N–H and O–H groups in total. The van der Waals surface area contributed by atoms with E-state index in [-0.39, 0.29) is 31.1 Å². The average molecular weight is 1090 g/mol. The lowest BCUT2D eigenvalue weighted by atomic mass is 10.0. The molecule has 0 rings (SSSR count). The van der Waals surface area contributed by atoms with Gasteiger partial charge in [0.25, 0.3) is 0 Å². The zero-order valence-electron chi connectivity index (χ0n) is 51.9. The van der Waals surface area contributed by atoms with Crippen LogP contribution in [0.2, 0.25) is 0 Å². The lowest BCUT2D eigenvalue weighted by Crippen LogP contribution is -2.30. The molecule has 0 fully saturated rings. The summed E-state index contributed by atoms with van der Waals surface area (Å²) in [5.74, 6) is -0.869. The normalized spacial score (nSPS) is 12.5. The molecule has 0 heterocycles. The fourth-order valence-electron chi connectivity index (χ4n) is 9.88. The molecule has 0 aromatic rings. The van der Waals surface area contributed by atoms with Gasteiger partial charge in [0.1, 0.15) is 13.2 Å². The molecule has 0 saturated heterocycles. The number of ether oxygens (including phenoxy) is 3. The molecule has 0 saturated carbocycles.